The van der Waals surface area contributed by atoms with Crippen molar-refractivity contribution in [1.29, 1.82) is 0 Å². The molecule has 19 heavy (non-hydrogen) atoms. The van der Waals surface area contributed by atoms with Crippen molar-refractivity contribution in [2.24, 2.45) is 5.92 Å². The van der Waals surface area contributed by atoms with Gasteiger partial charge >= 0.3 is 0 Å². The predicted octanol–water partition coefficient (Wildman–Crippen LogP) is 3.46. The molecule has 0 N–H and O–H groups in total. The highest BCUT2D eigenvalue weighted by atomic mass is 79.9. The van der Waals surface area contributed by atoms with Crippen molar-refractivity contribution < 1.29 is 8.42 Å². The Labute approximate surface area is 132 Å². The third-order valence-corrected chi connectivity index (χ3v) is 7.89. The molecule has 1 fully saturated rings. The van der Waals surface area contributed by atoms with Crippen molar-refractivity contribution in [3.05, 3.63) is 35.4 Å². The molecule has 106 valence electrons. The van der Waals surface area contributed by atoms with Crippen LogP contribution >= 0.6 is 31.9 Å². The van der Waals surface area contributed by atoms with Gasteiger partial charge in [0.2, 0.25) is 0 Å². The molecule has 1 saturated heterocycles. The lowest BCUT2D eigenvalue weighted by molar-refractivity contribution is 0.369. The van der Waals surface area contributed by atoms with Crippen LogP contribution in [0.3, 0.4) is 0 Å². The van der Waals surface area contributed by atoms with Gasteiger partial charge in [-0.25, -0.2) is 8.42 Å². The van der Waals surface area contributed by atoms with E-state index >= 15 is 0 Å². The normalized spacial score (nSPS) is 22.6. The lowest BCUT2D eigenvalue weighted by Gasteiger charge is -2.36. The molecule has 0 radical (unpaired) electrons. The van der Waals surface area contributed by atoms with E-state index in [9.17, 15) is 8.42 Å². The summed E-state index contributed by atoms with van der Waals surface area (Å²) in [5, 5.41) is 1.54. The first-order chi connectivity index (χ1) is 8.93. The summed E-state index contributed by atoms with van der Waals surface area (Å²) in [4.78, 5) is 0. The lowest BCUT2D eigenvalue weighted by Crippen LogP contribution is -2.39. The molecule has 2 nitrogen and oxygen atoms in total. The Morgan fingerprint density at radius 3 is 2.21 bits per heavy atom. The Morgan fingerprint density at radius 2 is 1.79 bits per heavy atom. The van der Waals surface area contributed by atoms with E-state index in [1.54, 1.807) is 0 Å². The Morgan fingerprint density at radius 1 is 1.21 bits per heavy atom. The average Bonchev–Trinajstić information content (AvgIpc) is 2.74. The van der Waals surface area contributed by atoms with Gasteiger partial charge in [-0.1, -0.05) is 61.7 Å². The van der Waals surface area contributed by atoms with E-state index in [4.69, 9.17) is 0 Å². The summed E-state index contributed by atoms with van der Waals surface area (Å²) in [6, 6.07) is 8.45. The van der Waals surface area contributed by atoms with Crippen molar-refractivity contribution in [2.75, 3.05) is 22.2 Å². The number of alkyl halides is 2. The Balaban J connectivity index is 2.40. The average molecular weight is 410 g/mol. The predicted molar refractivity (Wildman–Crippen MR) is 87.2 cm³/mol. The van der Waals surface area contributed by atoms with E-state index < -0.39 is 9.84 Å². The maximum absolute atomic E-state index is 11.8. The van der Waals surface area contributed by atoms with Crippen LogP contribution in [0.2, 0.25) is 0 Å². The van der Waals surface area contributed by atoms with Crippen LogP contribution < -0.4 is 0 Å². The van der Waals surface area contributed by atoms with Crippen LogP contribution in [0.4, 0.5) is 0 Å². The maximum Gasteiger partial charge on any atom is 0.150 e. The minimum Gasteiger partial charge on any atom is -0.229 e. The van der Waals surface area contributed by atoms with E-state index in [1.165, 1.54) is 11.1 Å². The van der Waals surface area contributed by atoms with Crippen molar-refractivity contribution in [3.8, 4) is 0 Å². The lowest BCUT2D eigenvalue weighted by atomic mass is 9.73. The first-order valence-electron chi connectivity index (χ1n) is 6.33. The van der Waals surface area contributed by atoms with E-state index in [0.717, 1.165) is 17.1 Å². The van der Waals surface area contributed by atoms with Gasteiger partial charge in [-0.15, -0.1) is 0 Å². The molecular weight excluding hydrogens is 392 g/mol. The van der Waals surface area contributed by atoms with Crippen molar-refractivity contribution >= 4 is 41.7 Å². The number of hydrogen-bond donors (Lipinski definition) is 0. The summed E-state index contributed by atoms with van der Waals surface area (Å²) in [5.74, 6) is 0.808. The molecule has 1 aromatic rings. The number of aryl methyl sites for hydroxylation is 1. The summed E-state index contributed by atoms with van der Waals surface area (Å²) in [6.07, 6.45) is 0.757. The first kappa shape index (κ1) is 15.5. The molecular formula is C14H18Br2O2S. The van der Waals surface area contributed by atoms with Gasteiger partial charge in [0, 0.05) is 16.1 Å². The number of rotatable bonds is 4. The maximum atomic E-state index is 11.8. The van der Waals surface area contributed by atoms with Gasteiger partial charge in [-0.2, -0.15) is 0 Å². The second kappa shape index (κ2) is 5.86. The highest BCUT2D eigenvalue weighted by molar-refractivity contribution is 9.09. The molecule has 1 aliphatic rings. The second-order valence-corrected chi connectivity index (χ2v) is 8.74. The molecule has 0 aliphatic carbocycles. The monoisotopic (exact) mass is 408 g/mol. The molecule has 1 atom stereocenters. The van der Waals surface area contributed by atoms with Crippen LogP contribution in [0.5, 0.6) is 0 Å². The summed E-state index contributed by atoms with van der Waals surface area (Å²) in [7, 11) is -2.86. The van der Waals surface area contributed by atoms with Crippen molar-refractivity contribution in [1.82, 2.24) is 0 Å². The molecule has 1 aromatic carbocycles. The summed E-state index contributed by atoms with van der Waals surface area (Å²) in [6.45, 7) is 2.06. The van der Waals surface area contributed by atoms with E-state index in [0.29, 0.717) is 11.5 Å². The Bertz CT molecular complexity index is 533. The third-order valence-electron chi connectivity index (χ3n) is 4.12. The van der Waals surface area contributed by atoms with Crippen LogP contribution in [-0.2, 0) is 15.3 Å². The molecule has 1 unspecified atom stereocenters. The van der Waals surface area contributed by atoms with Crippen LogP contribution in [-0.4, -0.2) is 30.6 Å². The quantitative estimate of drug-likeness (QED) is 0.713. The number of hydrogen-bond acceptors (Lipinski definition) is 2. The fourth-order valence-corrected chi connectivity index (χ4v) is 7.16. The smallest absolute Gasteiger partial charge is 0.150 e. The highest BCUT2D eigenvalue weighted by Crippen LogP contribution is 2.42. The van der Waals surface area contributed by atoms with Crippen LogP contribution in [0.25, 0.3) is 0 Å². The highest BCUT2D eigenvalue weighted by Gasteiger charge is 2.44. The molecule has 0 aromatic heterocycles. The number of halogens is 2. The Kier molecular flexibility index (Phi) is 4.79. The molecule has 0 bridgehead atoms. The number of sulfone groups is 1. The summed E-state index contributed by atoms with van der Waals surface area (Å²) in [5.41, 5.74) is 2.30. The Hall–Kier alpha value is 0.130. The largest absolute Gasteiger partial charge is 0.229 e. The topological polar surface area (TPSA) is 34.1 Å². The molecule has 1 aliphatic heterocycles. The van der Waals surface area contributed by atoms with E-state index in [1.807, 2.05) is 0 Å². The van der Waals surface area contributed by atoms with Gasteiger partial charge in [0.1, 0.15) is 0 Å². The third kappa shape index (κ3) is 3.08. The van der Waals surface area contributed by atoms with Crippen molar-refractivity contribution in [2.45, 2.75) is 18.8 Å². The van der Waals surface area contributed by atoms with Gasteiger partial charge in [0.25, 0.3) is 0 Å². The van der Waals surface area contributed by atoms with Gasteiger partial charge < -0.3 is 0 Å². The molecule has 2 rings (SSSR count). The zero-order chi connectivity index (χ0) is 14.1. The molecule has 0 saturated carbocycles. The zero-order valence-corrected chi connectivity index (χ0v) is 14.9. The fourth-order valence-electron chi connectivity index (χ4n) is 2.76. The van der Waals surface area contributed by atoms with Crippen LogP contribution in [0.15, 0.2) is 24.3 Å². The van der Waals surface area contributed by atoms with Gasteiger partial charge in [-0.05, 0) is 24.8 Å². The van der Waals surface area contributed by atoms with Crippen molar-refractivity contribution in [3.63, 3.8) is 0 Å². The fraction of sp³-hybridized carbons (Fsp3) is 0.571. The summed E-state index contributed by atoms with van der Waals surface area (Å²) < 4.78 is 23.5. The molecule has 5 heteroatoms. The van der Waals surface area contributed by atoms with Crippen LogP contribution in [0, 0.1) is 12.8 Å². The molecule has 0 spiro atoms. The van der Waals surface area contributed by atoms with Gasteiger partial charge in [-0.3, -0.25) is 0 Å². The van der Waals surface area contributed by atoms with Gasteiger partial charge in [0.05, 0.1) is 11.5 Å². The SMILES string of the molecule is Cc1ccc(C(CBr)(CBr)C2CCS(=O)(=O)C2)cc1. The van der Waals surface area contributed by atoms with Crippen LogP contribution in [0.1, 0.15) is 17.5 Å². The van der Waals surface area contributed by atoms with Gasteiger partial charge in [0.15, 0.2) is 9.84 Å². The minimum absolute atomic E-state index is 0.142. The molecule has 1 heterocycles. The molecule has 0 amide bonds. The van der Waals surface area contributed by atoms with E-state index in [2.05, 4.69) is 63.0 Å². The second-order valence-electron chi connectivity index (χ2n) is 5.39. The standard InChI is InChI=1S/C14H18Br2O2S/c1-11-2-4-12(5-3-11)14(9-15,10-16)13-6-7-19(17,18)8-13/h2-5,13H,6-10H2,1H3. The van der Waals surface area contributed by atoms with E-state index in [-0.39, 0.29) is 11.3 Å². The zero-order valence-electron chi connectivity index (χ0n) is 10.9. The number of benzene rings is 1. The first-order valence-corrected chi connectivity index (χ1v) is 10.4. The summed E-state index contributed by atoms with van der Waals surface area (Å²) >= 11 is 7.22. The minimum atomic E-state index is -2.86.